The van der Waals surface area contributed by atoms with Crippen molar-refractivity contribution >= 4 is 23.5 Å². The highest BCUT2D eigenvalue weighted by molar-refractivity contribution is 5.99. The number of aliphatic hydroxyl groups excluding tert-OH is 1. The Hall–Kier alpha value is -1.76. The van der Waals surface area contributed by atoms with E-state index in [1.807, 2.05) is 0 Å². The summed E-state index contributed by atoms with van der Waals surface area (Å²) >= 11 is 0. The molecule has 0 aromatic carbocycles. The molecule has 18 heavy (non-hydrogen) atoms. The monoisotopic (exact) mass is 260 g/mol. The zero-order valence-corrected chi connectivity index (χ0v) is 10.5. The van der Waals surface area contributed by atoms with Gasteiger partial charge in [0.15, 0.2) is 17.7 Å². The van der Waals surface area contributed by atoms with Gasteiger partial charge in [0.25, 0.3) is 0 Å². The molecular formula is C11H16O7. The van der Waals surface area contributed by atoms with E-state index in [1.165, 1.54) is 20.8 Å². The number of hydrogen-bond donors (Lipinski definition) is 1. The van der Waals surface area contributed by atoms with E-state index in [0.29, 0.717) is 0 Å². The number of Topliss-reactive ketones (excluding diaryl/α,β-unsaturated/α-hetero) is 2. The molecule has 0 fully saturated rings. The molecule has 0 heterocycles. The lowest BCUT2D eigenvalue weighted by molar-refractivity contribution is -0.163. The molecule has 0 aliphatic carbocycles. The van der Waals surface area contributed by atoms with Gasteiger partial charge in [-0.25, -0.2) is 4.79 Å². The van der Waals surface area contributed by atoms with E-state index >= 15 is 0 Å². The minimum atomic E-state index is -1.34. The number of ketones is 2. The van der Waals surface area contributed by atoms with E-state index in [9.17, 15) is 19.2 Å². The molecule has 0 amide bonds. The van der Waals surface area contributed by atoms with Gasteiger partial charge in [0.1, 0.15) is 19.1 Å². The molecule has 0 aliphatic heterocycles. The molecule has 7 heteroatoms. The minimum absolute atomic E-state index is 0.343. The molecule has 7 nitrogen and oxygen atoms in total. The Morgan fingerprint density at radius 3 is 2.17 bits per heavy atom. The predicted molar refractivity (Wildman–Crippen MR) is 58.5 cm³/mol. The van der Waals surface area contributed by atoms with Gasteiger partial charge >= 0.3 is 11.9 Å². The number of aliphatic hydroxyl groups is 1. The number of hydrogen-bond acceptors (Lipinski definition) is 7. The third kappa shape index (κ3) is 6.74. The summed E-state index contributed by atoms with van der Waals surface area (Å²) in [5.41, 5.74) is 0. The lowest BCUT2D eigenvalue weighted by Gasteiger charge is -2.12. The molecule has 0 aromatic heterocycles. The van der Waals surface area contributed by atoms with Crippen LogP contribution in [0.15, 0.2) is 0 Å². The maximum absolute atomic E-state index is 11.4. The smallest absolute Gasteiger partial charge is 0.335 e. The maximum Gasteiger partial charge on any atom is 0.335 e. The Balaban J connectivity index is 4.12. The second kappa shape index (κ2) is 7.54. The molecule has 2 unspecified atom stereocenters. The molecule has 2 atom stereocenters. The van der Waals surface area contributed by atoms with Gasteiger partial charge in [0.2, 0.25) is 0 Å². The van der Waals surface area contributed by atoms with Crippen LogP contribution in [0.3, 0.4) is 0 Å². The van der Waals surface area contributed by atoms with Gasteiger partial charge in [-0.05, 0) is 20.8 Å². The topological polar surface area (TPSA) is 107 Å². The van der Waals surface area contributed by atoms with E-state index in [2.05, 4.69) is 9.47 Å². The molecule has 1 N–H and O–H groups in total. The fourth-order valence-corrected chi connectivity index (χ4v) is 0.858. The van der Waals surface area contributed by atoms with Crippen LogP contribution in [0.25, 0.3) is 0 Å². The zero-order chi connectivity index (χ0) is 14.3. The van der Waals surface area contributed by atoms with Crippen molar-refractivity contribution < 1.29 is 33.8 Å². The third-order valence-electron chi connectivity index (χ3n) is 1.84. The van der Waals surface area contributed by atoms with Gasteiger partial charge in [-0.15, -0.1) is 0 Å². The van der Waals surface area contributed by atoms with E-state index in [1.54, 1.807) is 0 Å². The van der Waals surface area contributed by atoms with Gasteiger partial charge in [-0.2, -0.15) is 0 Å². The van der Waals surface area contributed by atoms with Gasteiger partial charge in [0.05, 0.1) is 0 Å². The van der Waals surface area contributed by atoms with Crippen LogP contribution in [0, 0.1) is 0 Å². The highest BCUT2D eigenvalue weighted by Crippen LogP contribution is 2.01. The molecular weight excluding hydrogens is 244 g/mol. The molecule has 0 aliphatic rings. The minimum Gasteiger partial charge on any atom is -0.457 e. The number of carbonyl (C=O) groups is 4. The van der Waals surface area contributed by atoms with Gasteiger partial charge in [-0.3, -0.25) is 14.4 Å². The fraction of sp³-hybridized carbons (Fsp3) is 0.636. The number of rotatable bonds is 7. The zero-order valence-electron chi connectivity index (χ0n) is 10.5. The van der Waals surface area contributed by atoms with Crippen LogP contribution in [0.5, 0.6) is 0 Å². The number of ether oxygens (including phenoxy) is 2. The lowest BCUT2D eigenvalue weighted by atomic mass is 10.2. The first-order valence-corrected chi connectivity index (χ1v) is 5.30. The molecule has 0 saturated carbocycles. The van der Waals surface area contributed by atoms with Crippen molar-refractivity contribution in [1.29, 1.82) is 0 Å². The Bertz CT molecular complexity index is 345. The first kappa shape index (κ1) is 16.2. The van der Waals surface area contributed by atoms with Gasteiger partial charge in [-0.1, -0.05) is 0 Å². The Kier molecular flexibility index (Phi) is 6.81. The van der Waals surface area contributed by atoms with Crippen molar-refractivity contribution in [2.75, 3.05) is 6.61 Å². The summed E-state index contributed by atoms with van der Waals surface area (Å²) < 4.78 is 9.06. The predicted octanol–water partition coefficient (Wildman–Crippen LogP) is -0.610. The Morgan fingerprint density at radius 2 is 1.72 bits per heavy atom. The van der Waals surface area contributed by atoms with Gasteiger partial charge < -0.3 is 14.6 Å². The van der Waals surface area contributed by atoms with Crippen LogP contribution in [0.1, 0.15) is 27.2 Å². The van der Waals surface area contributed by atoms with Crippen LogP contribution in [-0.2, 0) is 28.7 Å². The van der Waals surface area contributed by atoms with E-state index in [4.69, 9.17) is 5.11 Å². The van der Waals surface area contributed by atoms with Crippen molar-refractivity contribution in [3.05, 3.63) is 0 Å². The van der Waals surface area contributed by atoms with Crippen molar-refractivity contribution in [2.45, 2.75) is 39.4 Å². The normalized spacial score (nSPS) is 13.3. The third-order valence-corrected chi connectivity index (χ3v) is 1.84. The largest absolute Gasteiger partial charge is 0.457 e. The van der Waals surface area contributed by atoms with Crippen LogP contribution in [0.4, 0.5) is 0 Å². The second-order valence-electron chi connectivity index (χ2n) is 3.76. The molecule has 102 valence electrons. The maximum atomic E-state index is 11.4. The van der Waals surface area contributed by atoms with Gasteiger partial charge in [0, 0.05) is 0 Å². The quantitative estimate of drug-likeness (QED) is 0.480. The summed E-state index contributed by atoms with van der Waals surface area (Å²) in [7, 11) is 0. The lowest BCUT2D eigenvalue weighted by Crippen LogP contribution is -2.31. The standard InChI is InChI=1S/C11H16O7/c1-6(12)5-17-10(15)4-9(14)8(3)18-11(16)7(2)13/h7-8,13H,4-5H2,1-3H3. The second-order valence-corrected chi connectivity index (χ2v) is 3.76. The SMILES string of the molecule is CC(=O)COC(=O)CC(=O)C(C)OC(=O)C(C)O. The number of esters is 2. The summed E-state index contributed by atoms with van der Waals surface area (Å²) in [5, 5.41) is 8.86. The summed E-state index contributed by atoms with van der Waals surface area (Å²) in [6.45, 7) is 3.32. The summed E-state index contributed by atoms with van der Waals surface area (Å²) in [5.74, 6) is -2.83. The number of carbonyl (C=O) groups excluding carboxylic acids is 4. The molecule has 0 spiro atoms. The van der Waals surface area contributed by atoms with Crippen LogP contribution in [0.2, 0.25) is 0 Å². The van der Waals surface area contributed by atoms with Crippen molar-refractivity contribution in [3.8, 4) is 0 Å². The highest BCUT2D eigenvalue weighted by atomic mass is 16.6. The van der Waals surface area contributed by atoms with E-state index in [-0.39, 0.29) is 5.78 Å². The van der Waals surface area contributed by atoms with E-state index in [0.717, 1.165) is 0 Å². The average molecular weight is 260 g/mol. The molecule has 0 saturated heterocycles. The average Bonchev–Trinajstić information content (AvgIpc) is 2.25. The highest BCUT2D eigenvalue weighted by Gasteiger charge is 2.23. The first-order valence-electron chi connectivity index (χ1n) is 5.30. The molecule has 0 radical (unpaired) electrons. The fourth-order valence-electron chi connectivity index (χ4n) is 0.858. The molecule has 0 bridgehead atoms. The molecule has 0 rings (SSSR count). The summed E-state index contributed by atoms with van der Waals surface area (Å²) in [6.07, 6.45) is -3.09. The van der Waals surface area contributed by atoms with Crippen molar-refractivity contribution in [3.63, 3.8) is 0 Å². The Labute approximate surface area is 104 Å². The summed E-state index contributed by atoms with van der Waals surface area (Å²) in [6, 6.07) is 0. The van der Waals surface area contributed by atoms with Crippen LogP contribution >= 0.6 is 0 Å². The summed E-state index contributed by atoms with van der Waals surface area (Å²) in [4.78, 5) is 44.0. The van der Waals surface area contributed by atoms with Crippen molar-refractivity contribution in [2.24, 2.45) is 0 Å². The first-order chi connectivity index (χ1) is 8.23. The Morgan fingerprint density at radius 1 is 1.17 bits per heavy atom. The molecule has 0 aromatic rings. The van der Waals surface area contributed by atoms with Crippen molar-refractivity contribution in [1.82, 2.24) is 0 Å². The van der Waals surface area contributed by atoms with Crippen LogP contribution in [-0.4, -0.2) is 47.4 Å². The van der Waals surface area contributed by atoms with E-state index < -0.39 is 43.0 Å². The van der Waals surface area contributed by atoms with Crippen LogP contribution < -0.4 is 0 Å².